The highest BCUT2D eigenvalue weighted by molar-refractivity contribution is 9.10. The number of hydrogen-bond acceptors (Lipinski definition) is 0. The van der Waals surface area contributed by atoms with Gasteiger partial charge in [-0.25, -0.2) is 0 Å². The van der Waals surface area contributed by atoms with Crippen LogP contribution >= 0.6 is 15.9 Å². The first-order valence-electron chi connectivity index (χ1n) is 11.1. The van der Waals surface area contributed by atoms with Crippen LogP contribution in [0.3, 0.4) is 0 Å². The lowest BCUT2D eigenvalue weighted by molar-refractivity contribution is 1.61. The van der Waals surface area contributed by atoms with Crippen molar-refractivity contribution in [1.82, 2.24) is 0 Å². The Hall–Kier alpha value is -3.68. The summed E-state index contributed by atoms with van der Waals surface area (Å²) in [5.41, 5.74) is 7.44. The van der Waals surface area contributed by atoms with Gasteiger partial charge in [0.05, 0.1) is 0 Å². The quantitative estimate of drug-likeness (QED) is 0.219. The molecule has 0 bridgehead atoms. The Morgan fingerprint density at radius 2 is 0.788 bits per heavy atom. The molecule has 6 aromatic carbocycles. The minimum atomic E-state index is 1.15. The van der Waals surface area contributed by atoms with E-state index in [0.29, 0.717) is 0 Å². The summed E-state index contributed by atoms with van der Waals surface area (Å²) in [6.45, 7) is 0. The Labute approximate surface area is 202 Å². The van der Waals surface area contributed by atoms with Crippen molar-refractivity contribution in [2.75, 3.05) is 0 Å². The summed E-state index contributed by atoms with van der Waals surface area (Å²) in [4.78, 5) is 0. The van der Waals surface area contributed by atoms with Crippen LogP contribution in [0, 0.1) is 0 Å². The Morgan fingerprint density at radius 3 is 1.45 bits per heavy atom. The van der Waals surface area contributed by atoms with Gasteiger partial charge in [-0.15, -0.1) is 0 Å². The first kappa shape index (κ1) is 20.0. The van der Waals surface area contributed by atoms with Gasteiger partial charge in [0.15, 0.2) is 0 Å². The van der Waals surface area contributed by atoms with Gasteiger partial charge in [-0.2, -0.15) is 0 Å². The molecule has 0 saturated heterocycles. The molecule has 0 fully saturated rings. The normalized spacial score (nSPS) is 11.2. The lowest BCUT2D eigenvalue weighted by Crippen LogP contribution is -1.89. The molecule has 1 heteroatoms. The maximum Gasteiger partial charge on any atom is 0.0332 e. The number of benzene rings is 6. The monoisotopic (exact) mass is 484 g/mol. The van der Waals surface area contributed by atoms with Crippen LogP contribution in [-0.2, 0) is 0 Å². The fraction of sp³-hybridized carbons (Fsp3) is 0. The molecule has 0 N–H and O–H groups in total. The van der Waals surface area contributed by atoms with Gasteiger partial charge < -0.3 is 0 Å². The van der Waals surface area contributed by atoms with Crippen molar-refractivity contribution in [2.24, 2.45) is 0 Å². The van der Waals surface area contributed by atoms with Gasteiger partial charge >= 0.3 is 0 Å². The van der Waals surface area contributed by atoms with E-state index in [1.807, 2.05) is 0 Å². The minimum Gasteiger partial charge on any atom is -0.0622 e. The molecule has 6 aromatic rings. The Kier molecular flexibility index (Phi) is 5.05. The van der Waals surface area contributed by atoms with Gasteiger partial charge in [-0.1, -0.05) is 121 Å². The fourth-order valence-electron chi connectivity index (χ4n) is 4.71. The SMILES string of the molecule is Brc1c2ccccc2c(-c2ccc(-c3ccccc3)cc2)c2ccc(-c3ccccc3)cc12. The molecule has 0 aliphatic heterocycles. The molecular formula is C32H21Br. The van der Waals surface area contributed by atoms with Crippen LogP contribution in [0.2, 0.25) is 0 Å². The lowest BCUT2D eigenvalue weighted by atomic mass is 9.90. The maximum absolute atomic E-state index is 3.94. The van der Waals surface area contributed by atoms with Gasteiger partial charge in [-0.3, -0.25) is 0 Å². The van der Waals surface area contributed by atoms with Crippen molar-refractivity contribution in [1.29, 1.82) is 0 Å². The summed E-state index contributed by atoms with van der Waals surface area (Å²) in [7, 11) is 0. The zero-order valence-corrected chi connectivity index (χ0v) is 19.6. The topological polar surface area (TPSA) is 0 Å². The van der Waals surface area contributed by atoms with Crippen LogP contribution in [0.1, 0.15) is 0 Å². The van der Waals surface area contributed by atoms with Crippen molar-refractivity contribution in [3.63, 3.8) is 0 Å². The van der Waals surface area contributed by atoms with E-state index in [-0.39, 0.29) is 0 Å². The minimum absolute atomic E-state index is 1.15. The summed E-state index contributed by atoms with van der Waals surface area (Å²) >= 11 is 3.94. The lowest BCUT2D eigenvalue weighted by Gasteiger charge is -2.16. The van der Waals surface area contributed by atoms with Gasteiger partial charge in [0.2, 0.25) is 0 Å². The number of fused-ring (bicyclic) bond motifs is 2. The van der Waals surface area contributed by atoms with Crippen molar-refractivity contribution < 1.29 is 0 Å². The summed E-state index contributed by atoms with van der Waals surface area (Å²) < 4.78 is 1.15. The van der Waals surface area contributed by atoms with Gasteiger partial charge in [0, 0.05) is 4.47 Å². The van der Waals surface area contributed by atoms with Crippen molar-refractivity contribution >= 4 is 37.5 Å². The summed E-state index contributed by atoms with van der Waals surface area (Å²) in [5.74, 6) is 0. The Balaban J connectivity index is 1.59. The smallest absolute Gasteiger partial charge is 0.0332 e. The molecule has 0 saturated carbocycles. The van der Waals surface area contributed by atoms with Gasteiger partial charge in [-0.05, 0) is 76.9 Å². The first-order valence-corrected chi connectivity index (χ1v) is 11.9. The zero-order chi connectivity index (χ0) is 22.2. The van der Waals surface area contributed by atoms with Crippen molar-refractivity contribution in [3.05, 3.63) is 132 Å². The third kappa shape index (κ3) is 3.55. The highest BCUT2D eigenvalue weighted by atomic mass is 79.9. The van der Waals surface area contributed by atoms with Crippen molar-refractivity contribution in [3.8, 4) is 33.4 Å². The van der Waals surface area contributed by atoms with E-state index in [0.717, 1.165) is 4.47 Å². The summed E-state index contributed by atoms with van der Waals surface area (Å²) in [6, 6.07) is 45.6. The Morgan fingerprint density at radius 1 is 0.333 bits per heavy atom. The van der Waals surface area contributed by atoms with Crippen LogP contribution in [0.5, 0.6) is 0 Å². The third-order valence-electron chi connectivity index (χ3n) is 6.35. The van der Waals surface area contributed by atoms with Crippen LogP contribution in [0.25, 0.3) is 54.9 Å². The number of rotatable bonds is 3. The zero-order valence-electron chi connectivity index (χ0n) is 18.0. The molecule has 33 heavy (non-hydrogen) atoms. The average molecular weight is 485 g/mol. The highest BCUT2D eigenvalue weighted by Crippen LogP contribution is 2.43. The van der Waals surface area contributed by atoms with Crippen LogP contribution in [-0.4, -0.2) is 0 Å². The summed E-state index contributed by atoms with van der Waals surface area (Å²) in [5, 5.41) is 4.99. The molecule has 0 amide bonds. The van der Waals surface area contributed by atoms with Gasteiger partial charge in [0.1, 0.15) is 0 Å². The van der Waals surface area contributed by atoms with Gasteiger partial charge in [0.25, 0.3) is 0 Å². The average Bonchev–Trinajstić information content (AvgIpc) is 2.90. The standard InChI is InChI=1S/C32H21Br/c33-32-29-14-8-7-13-27(29)31(25-17-15-24(16-18-25)22-9-3-1-4-10-22)28-20-19-26(21-30(28)32)23-11-5-2-6-12-23/h1-21H. The van der Waals surface area contributed by atoms with Crippen LogP contribution in [0.15, 0.2) is 132 Å². The van der Waals surface area contributed by atoms with Crippen LogP contribution < -0.4 is 0 Å². The second kappa shape index (κ2) is 8.35. The first-order chi connectivity index (χ1) is 16.3. The molecule has 0 atom stereocenters. The molecule has 0 aliphatic rings. The van der Waals surface area contributed by atoms with E-state index < -0.39 is 0 Å². The van der Waals surface area contributed by atoms with E-state index in [1.165, 1.54) is 54.9 Å². The molecule has 0 radical (unpaired) electrons. The van der Waals surface area contributed by atoms with E-state index in [2.05, 4.69) is 143 Å². The molecule has 6 rings (SSSR count). The van der Waals surface area contributed by atoms with Crippen molar-refractivity contribution in [2.45, 2.75) is 0 Å². The highest BCUT2D eigenvalue weighted by Gasteiger charge is 2.15. The molecule has 0 aromatic heterocycles. The molecule has 0 aliphatic carbocycles. The molecule has 0 spiro atoms. The fourth-order valence-corrected chi connectivity index (χ4v) is 5.38. The van der Waals surface area contributed by atoms with E-state index in [1.54, 1.807) is 0 Å². The molecule has 0 unspecified atom stereocenters. The Bertz CT molecular complexity index is 1580. The van der Waals surface area contributed by atoms with E-state index in [9.17, 15) is 0 Å². The predicted molar refractivity (Wildman–Crippen MR) is 145 cm³/mol. The molecule has 156 valence electrons. The second-order valence-corrected chi connectivity index (χ2v) is 9.10. The predicted octanol–water partition coefficient (Wildman–Crippen LogP) is 9.76. The largest absolute Gasteiger partial charge is 0.0622 e. The maximum atomic E-state index is 3.94. The molecule has 0 heterocycles. The number of halogens is 1. The molecular weight excluding hydrogens is 464 g/mol. The molecule has 0 nitrogen and oxygen atoms in total. The summed E-state index contributed by atoms with van der Waals surface area (Å²) in [6.07, 6.45) is 0. The van der Waals surface area contributed by atoms with E-state index in [4.69, 9.17) is 0 Å². The number of hydrogen-bond donors (Lipinski definition) is 0. The van der Waals surface area contributed by atoms with E-state index >= 15 is 0 Å². The third-order valence-corrected chi connectivity index (χ3v) is 7.20. The van der Waals surface area contributed by atoms with Crippen LogP contribution in [0.4, 0.5) is 0 Å². The second-order valence-electron chi connectivity index (χ2n) is 8.30.